The summed E-state index contributed by atoms with van der Waals surface area (Å²) in [6.45, 7) is 7.39. The Morgan fingerprint density at radius 3 is 2.33 bits per heavy atom. The van der Waals surface area contributed by atoms with Gasteiger partial charge < -0.3 is 29.7 Å². The number of nitrogens with one attached hydrogen (secondary N) is 1. The molecule has 0 radical (unpaired) electrons. The fraction of sp³-hybridized carbons (Fsp3) is 0.929. The van der Waals surface area contributed by atoms with Gasteiger partial charge in [0.1, 0.15) is 6.04 Å². The third kappa shape index (κ3) is 3.07. The van der Waals surface area contributed by atoms with E-state index in [4.69, 9.17) is 14.2 Å². The number of aliphatic hydroxyl groups is 1. The third-order valence-corrected chi connectivity index (χ3v) is 4.26. The number of hydrogen-bond acceptors (Lipinski definition) is 6. The van der Waals surface area contributed by atoms with Crippen LogP contribution in [-0.2, 0) is 19.0 Å². The number of carboxylic acids is 1. The van der Waals surface area contributed by atoms with Crippen LogP contribution in [0.15, 0.2) is 0 Å². The second-order valence-electron chi connectivity index (χ2n) is 6.68. The number of aliphatic hydroxyl groups excluding tert-OH is 1. The maximum Gasteiger partial charge on any atom is 0.323 e. The molecule has 2 aliphatic rings. The molecule has 0 amide bonds. The van der Waals surface area contributed by atoms with Gasteiger partial charge in [-0.15, -0.1) is 0 Å². The summed E-state index contributed by atoms with van der Waals surface area (Å²) in [5.41, 5.74) is -0.837. The molecule has 122 valence electrons. The third-order valence-electron chi connectivity index (χ3n) is 4.26. The van der Waals surface area contributed by atoms with Crippen molar-refractivity contribution in [2.75, 3.05) is 13.7 Å². The lowest BCUT2D eigenvalue weighted by Gasteiger charge is -2.29. The molecule has 2 aliphatic heterocycles. The minimum absolute atomic E-state index is 0.306. The summed E-state index contributed by atoms with van der Waals surface area (Å²) in [7, 11) is 1.56. The highest BCUT2D eigenvalue weighted by molar-refractivity contribution is 5.74. The van der Waals surface area contributed by atoms with Crippen molar-refractivity contribution in [2.24, 2.45) is 5.92 Å². The van der Waals surface area contributed by atoms with E-state index in [-0.39, 0.29) is 0 Å². The van der Waals surface area contributed by atoms with Crippen molar-refractivity contribution in [3.05, 3.63) is 0 Å². The van der Waals surface area contributed by atoms with Crippen LogP contribution in [0.4, 0.5) is 0 Å². The fourth-order valence-electron chi connectivity index (χ4n) is 3.18. The first-order valence-electron chi connectivity index (χ1n) is 7.17. The van der Waals surface area contributed by atoms with E-state index in [9.17, 15) is 15.0 Å². The number of ether oxygens (including phenoxy) is 3. The number of hydrogen-bond donors (Lipinski definition) is 3. The van der Waals surface area contributed by atoms with E-state index < -0.39 is 47.6 Å². The monoisotopic (exact) mass is 303 g/mol. The van der Waals surface area contributed by atoms with Crippen LogP contribution in [0.5, 0.6) is 0 Å². The lowest BCUT2D eigenvalue weighted by atomic mass is 9.84. The average molecular weight is 303 g/mol. The quantitative estimate of drug-likeness (QED) is 0.670. The SMILES string of the molecule is CNC(C(=O)O)C1OC(C)(C)C(O)C1C1COC(C)(C)O1. The zero-order valence-electron chi connectivity index (χ0n) is 13.1. The molecule has 2 fully saturated rings. The largest absolute Gasteiger partial charge is 0.480 e. The molecule has 7 nitrogen and oxygen atoms in total. The minimum Gasteiger partial charge on any atom is -0.480 e. The topological polar surface area (TPSA) is 97.3 Å². The molecule has 0 bridgehead atoms. The Morgan fingerprint density at radius 1 is 1.29 bits per heavy atom. The zero-order valence-corrected chi connectivity index (χ0v) is 13.1. The van der Waals surface area contributed by atoms with Gasteiger partial charge in [0, 0.05) is 5.92 Å². The highest BCUT2D eigenvalue weighted by Crippen LogP contribution is 2.42. The van der Waals surface area contributed by atoms with Gasteiger partial charge in [0.2, 0.25) is 0 Å². The number of rotatable bonds is 4. The van der Waals surface area contributed by atoms with Crippen molar-refractivity contribution < 1.29 is 29.2 Å². The fourth-order valence-corrected chi connectivity index (χ4v) is 3.18. The van der Waals surface area contributed by atoms with Gasteiger partial charge in [-0.05, 0) is 34.7 Å². The van der Waals surface area contributed by atoms with Crippen molar-refractivity contribution in [1.82, 2.24) is 5.32 Å². The predicted molar refractivity (Wildman–Crippen MR) is 73.8 cm³/mol. The highest BCUT2D eigenvalue weighted by Gasteiger charge is 2.57. The second kappa shape index (κ2) is 5.48. The van der Waals surface area contributed by atoms with Gasteiger partial charge in [-0.1, -0.05) is 0 Å². The molecule has 0 aromatic carbocycles. The lowest BCUT2D eigenvalue weighted by Crippen LogP contribution is -2.51. The van der Waals surface area contributed by atoms with Gasteiger partial charge in [0.25, 0.3) is 0 Å². The van der Waals surface area contributed by atoms with Gasteiger partial charge in [-0.25, -0.2) is 0 Å². The van der Waals surface area contributed by atoms with Gasteiger partial charge in [-0.2, -0.15) is 0 Å². The van der Waals surface area contributed by atoms with Gasteiger partial charge >= 0.3 is 5.97 Å². The Bertz CT molecular complexity index is 410. The summed E-state index contributed by atoms with van der Waals surface area (Å²) in [5.74, 6) is -2.23. The summed E-state index contributed by atoms with van der Waals surface area (Å²) in [6, 6.07) is -0.918. The van der Waals surface area contributed by atoms with Crippen LogP contribution in [0.2, 0.25) is 0 Å². The first kappa shape index (κ1) is 16.6. The molecule has 5 atom stereocenters. The number of likely N-dealkylation sites (N-methyl/N-ethyl adjacent to an activating group) is 1. The van der Waals surface area contributed by atoms with Gasteiger partial charge in [0.05, 0.1) is 30.5 Å². The molecule has 2 rings (SSSR count). The van der Waals surface area contributed by atoms with Gasteiger partial charge in [0.15, 0.2) is 5.79 Å². The Kier molecular flexibility index (Phi) is 4.34. The van der Waals surface area contributed by atoms with Crippen molar-refractivity contribution in [3.63, 3.8) is 0 Å². The molecule has 0 aromatic rings. The maximum absolute atomic E-state index is 11.4. The molecule has 0 saturated carbocycles. The number of aliphatic carboxylic acids is 1. The molecule has 21 heavy (non-hydrogen) atoms. The van der Waals surface area contributed by atoms with E-state index in [1.807, 2.05) is 0 Å². The average Bonchev–Trinajstić information content (AvgIpc) is 2.79. The normalized spacial score (nSPS) is 39.3. The predicted octanol–water partition coefficient (Wildman–Crippen LogP) is -0.0350. The molecule has 0 aromatic heterocycles. The molecule has 0 aliphatic carbocycles. The van der Waals surface area contributed by atoms with Crippen LogP contribution in [0.1, 0.15) is 27.7 Å². The standard InChI is InChI=1S/C14H25NO6/c1-13(2)11(16)8(7-6-19-14(3,4)20-7)10(21-13)9(15-5)12(17)18/h7-11,15-16H,6H2,1-5H3,(H,17,18). The van der Waals surface area contributed by atoms with E-state index in [0.29, 0.717) is 6.61 Å². The van der Waals surface area contributed by atoms with E-state index in [0.717, 1.165) is 0 Å². The highest BCUT2D eigenvalue weighted by atomic mass is 16.7. The maximum atomic E-state index is 11.4. The van der Waals surface area contributed by atoms with Gasteiger partial charge in [-0.3, -0.25) is 4.79 Å². The van der Waals surface area contributed by atoms with Crippen molar-refractivity contribution >= 4 is 5.97 Å². The first-order chi connectivity index (χ1) is 9.59. The molecule has 2 saturated heterocycles. The van der Waals surface area contributed by atoms with Crippen LogP contribution in [0.25, 0.3) is 0 Å². The minimum atomic E-state index is -1.02. The summed E-state index contributed by atoms with van der Waals surface area (Å²) < 4.78 is 17.2. The molecule has 7 heteroatoms. The summed E-state index contributed by atoms with van der Waals surface area (Å²) in [6.07, 6.45) is -1.93. The molecular formula is C14H25NO6. The van der Waals surface area contributed by atoms with E-state index in [1.54, 1.807) is 34.7 Å². The molecule has 3 N–H and O–H groups in total. The van der Waals surface area contributed by atoms with Crippen LogP contribution in [0, 0.1) is 5.92 Å². The van der Waals surface area contributed by atoms with Crippen molar-refractivity contribution in [2.45, 2.75) is 63.4 Å². The Labute approximate surface area is 124 Å². The van der Waals surface area contributed by atoms with Crippen molar-refractivity contribution in [3.8, 4) is 0 Å². The van der Waals surface area contributed by atoms with E-state index >= 15 is 0 Å². The van der Waals surface area contributed by atoms with Crippen LogP contribution in [0.3, 0.4) is 0 Å². The Hall–Kier alpha value is -0.730. The molecule has 0 spiro atoms. The van der Waals surface area contributed by atoms with Crippen LogP contribution >= 0.6 is 0 Å². The zero-order chi connectivity index (χ0) is 16.0. The molecule has 5 unspecified atom stereocenters. The summed E-state index contributed by atoms with van der Waals surface area (Å²) in [5, 5.41) is 22.7. The molecular weight excluding hydrogens is 278 g/mol. The number of carboxylic acid groups (broad SMARTS) is 1. The van der Waals surface area contributed by atoms with E-state index in [2.05, 4.69) is 5.32 Å². The summed E-state index contributed by atoms with van der Waals surface area (Å²) in [4.78, 5) is 11.4. The van der Waals surface area contributed by atoms with Crippen molar-refractivity contribution in [1.29, 1.82) is 0 Å². The Balaban J connectivity index is 2.27. The second-order valence-corrected chi connectivity index (χ2v) is 6.68. The summed E-state index contributed by atoms with van der Waals surface area (Å²) >= 11 is 0. The number of carbonyl (C=O) groups is 1. The van der Waals surface area contributed by atoms with E-state index in [1.165, 1.54) is 0 Å². The van der Waals surface area contributed by atoms with Crippen LogP contribution in [-0.4, -0.2) is 65.6 Å². The smallest absolute Gasteiger partial charge is 0.323 e. The Morgan fingerprint density at radius 2 is 1.90 bits per heavy atom. The lowest BCUT2D eigenvalue weighted by molar-refractivity contribution is -0.154. The van der Waals surface area contributed by atoms with Crippen LogP contribution < -0.4 is 5.32 Å². The molecule has 2 heterocycles. The first-order valence-corrected chi connectivity index (χ1v) is 7.17.